The van der Waals surface area contributed by atoms with Crippen LogP contribution in [0.4, 0.5) is 37.9 Å². The number of nitrogens with zero attached hydrogens (tertiary/aromatic N) is 15. The van der Waals surface area contributed by atoms with Gasteiger partial charge in [-0.1, -0.05) is 114 Å². The smallest absolute Gasteiger partial charge is 0.154 e. The van der Waals surface area contributed by atoms with Gasteiger partial charge in [-0.2, -0.15) is 0 Å². The fourth-order valence-electron chi connectivity index (χ4n) is 18.7. The summed E-state index contributed by atoms with van der Waals surface area (Å²) in [7, 11) is 0. The molecule has 140 heavy (non-hydrogen) atoms. The predicted octanol–water partition coefficient (Wildman–Crippen LogP) is 25.4. The summed E-state index contributed by atoms with van der Waals surface area (Å²) >= 11 is 11.3. The average Bonchev–Trinajstić information content (AvgIpc) is 1.64. The maximum Gasteiger partial charge on any atom is 0.154 e. The number of anilines is 5. The maximum absolute atomic E-state index is 13.5. The third kappa shape index (κ3) is 22.5. The van der Waals surface area contributed by atoms with Crippen LogP contribution in [-0.2, 0) is 0 Å². The lowest BCUT2D eigenvalue weighted by Gasteiger charge is -2.26. The molecular formula is C109H121ClF2N20O5S3. The number of aliphatic hydroxyl groups excluding tert-OH is 5. The van der Waals surface area contributed by atoms with Crippen LogP contribution in [0.15, 0.2) is 231 Å². The first kappa shape index (κ1) is 100.0. The number of aliphatic hydroxyl groups is 5. The number of thiophene rings is 3. The fourth-order valence-corrected chi connectivity index (χ4v) is 22.3. The second kappa shape index (κ2) is 44.6. The number of benzene rings is 7. The molecule has 7 aromatic carbocycles. The van der Waals surface area contributed by atoms with Gasteiger partial charge in [0.25, 0.3) is 0 Å². The van der Waals surface area contributed by atoms with Crippen LogP contribution in [0.25, 0.3) is 134 Å². The number of aromatic nitrogens is 15. The second-order valence-corrected chi connectivity index (χ2v) is 39.6. The quantitative estimate of drug-likeness (QED) is 0.0357. The molecule has 4 aliphatic rings. The Bertz CT molecular complexity index is 7490. The normalized spacial score (nSPS) is 18.0. The molecule has 31 heteroatoms. The van der Waals surface area contributed by atoms with Crippen LogP contribution in [0.5, 0.6) is 0 Å². The Kier molecular flexibility index (Phi) is 31.9. The van der Waals surface area contributed by atoms with E-state index in [2.05, 4.69) is 139 Å². The summed E-state index contributed by atoms with van der Waals surface area (Å²) in [5.41, 5.74) is 14.7. The molecule has 0 saturated heterocycles. The first-order valence-corrected chi connectivity index (χ1v) is 49.6. The molecule has 0 spiro atoms. The average molecular weight is 1960 g/mol. The number of fused-ring (bicyclic) bond motifs is 10. The molecule has 4 saturated carbocycles. The minimum absolute atomic E-state index is 0. The number of hydrogen-bond donors (Lipinski definition) is 10. The van der Waals surface area contributed by atoms with Crippen LogP contribution in [0.1, 0.15) is 162 Å². The summed E-state index contributed by atoms with van der Waals surface area (Å²) in [5.74, 6) is 3.66. The fraction of sp³-hybridized carbons (Fsp3) is 0.321. The first-order chi connectivity index (χ1) is 66.3. The van der Waals surface area contributed by atoms with E-state index in [9.17, 15) is 29.2 Å². The van der Waals surface area contributed by atoms with Crippen molar-refractivity contribution in [2.24, 2.45) is 0 Å². The largest absolute Gasteiger partial charge is 0.396 e. The molecule has 0 aliphatic heterocycles. The van der Waals surface area contributed by atoms with Crippen molar-refractivity contribution < 1.29 is 34.3 Å². The highest BCUT2D eigenvalue weighted by atomic mass is 35.5. The van der Waals surface area contributed by atoms with Gasteiger partial charge in [0.15, 0.2) is 28.2 Å². The molecule has 0 unspecified atom stereocenters. The molecule has 4 aliphatic carbocycles. The lowest BCUT2D eigenvalue weighted by Crippen LogP contribution is -2.28. The van der Waals surface area contributed by atoms with Crippen molar-refractivity contribution in [2.75, 3.05) is 39.7 Å². The van der Waals surface area contributed by atoms with E-state index in [1.165, 1.54) is 70.7 Å². The van der Waals surface area contributed by atoms with Gasteiger partial charge in [-0.15, -0.1) is 59.5 Å². The number of halogens is 3. The minimum atomic E-state index is -0.234. The van der Waals surface area contributed by atoms with Crippen LogP contribution in [-0.4, -0.2) is 160 Å². The van der Waals surface area contributed by atoms with E-state index in [4.69, 9.17) is 42.2 Å². The Balaban J connectivity index is 0.000000125. The molecule has 13 aromatic heterocycles. The Labute approximate surface area is 829 Å². The Morgan fingerprint density at radius 1 is 0.343 bits per heavy atom. The molecule has 0 bridgehead atoms. The van der Waals surface area contributed by atoms with Crippen molar-refractivity contribution in [1.29, 1.82) is 0 Å². The highest BCUT2D eigenvalue weighted by molar-refractivity contribution is 7.23. The van der Waals surface area contributed by atoms with Gasteiger partial charge in [-0.3, -0.25) is 0 Å². The van der Waals surface area contributed by atoms with Gasteiger partial charge in [0.05, 0.1) is 81.4 Å². The monoisotopic (exact) mass is 1960 g/mol. The van der Waals surface area contributed by atoms with Crippen molar-refractivity contribution in [3.63, 3.8) is 0 Å². The highest BCUT2D eigenvalue weighted by Crippen LogP contribution is 2.43. The molecule has 20 aromatic rings. The summed E-state index contributed by atoms with van der Waals surface area (Å²) in [6.45, 7) is 7.42. The summed E-state index contributed by atoms with van der Waals surface area (Å²) in [5, 5.41) is 97.2. The summed E-state index contributed by atoms with van der Waals surface area (Å²) in [4.78, 5) is 25.9. The predicted molar refractivity (Wildman–Crippen MR) is 572 cm³/mol. The molecule has 726 valence electrons. The molecule has 25 nitrogen and oxygen atoms in total. The van der Waals surface area contributed by atoms with Gasteiger partial charge in [0.1, 0.15) is 57.8 Å². The number of rotatable bonds is 18. The van der Waals surface area contributed by atoms with Crippen molar-refractivity contribution in [3.8, 4) is 54.2 Å². The van der Waals surface area contributed by atoms with Gasteiger partial charge in [0.2, 0.25) is 0 Å². The summed E-state index contributed by atoms with van der Waals surface area (Å²) in [6, 6.07) is 66.1. The molecule has 0 radical (unpaired) electrons. The van der Waals surface area contributed by atoms with Crippen LogP contribution in [0, 0.1) is 32.4 Å². The number of unbranched alkanes of at least 4 members (excludes halogenated alkanes) is 1. The first-order valence-electron chi connectivity index (χ1n) is 46.8. The van der Waals surface area contributed by atoms with Crippen LogP contribution >= 0.6 is 45.6 Å². The van der Waals surface area contributed by atoms with E-state index in [1.54, 1.807) is 52.2 Å². The van der Waals surface area contributed by atoms with Gasteiger partial charge in [-0.05, 0) is 319 Å². The van der Waals surface area contributed by atoms with Crippen LogP contribution < -0.4 is 26.6 Å². The number of aryl methyl sites for hydroxylation is 3. The Morgan fingerprint density at radius 3 is 1.17 bits per heavy atom. The van der Waals surface area contributed by atoms with E-state index in [0.717, 1.165) is 255 Å². The third-order valence-corrected chi connectivity index (χ3v) is 30.2. The third-order valence-electron chi connectivity index (χ3n) is 26.2. The van der Waals surface area contributed by atoms with Crippen molar-refractivity contribution >= 4 is 155 Å². The number of imidazole rings is 5. The zero-order valence-electron chi connectivity index (χ0n) is 75.5. The van der Waals surface area contributed by atoms with Crippen molar-refractivity contribution in [3.05, 3.63) is 265 Å². The zero-order chi connectivity index (χ0) is 93.0. The zero-order valence-corrected chi connectivity index (χ0v) is 78.7. The van der Waals surface area contributed by atoms with Crippen LogP contribution in [0.3, 0.4) is 0 Å². The standard InChI is InChI=1S/C23H24N4O.C22H21FN4O.C21H21ClN4OS.C20H19FN4OS.C19H20N4OS.4CH4/c1-15-2-3-17-13-18(5-4-16(17)12-15)21-14-24-23-11-10-22(26-27(21)23)25-19-6-8-20(28)9-7-19;23-17-4-3-14-11-16(2-1-15(14)12-17)20-13-24-22-10-9-21(26-27(20)22)25-18-5-7-19(28)8-6-18;1-12-16-10-13(22)2-7-18(16)28-21(12)17-11-23-20-9-8-19(25-26(17)20)24-14-3-5-15(27)6-4-14;21-13-1-6-17-12(9-13)10-18(27-17)16-11-22-20-8-7-19(24-25(16)20)23-14-2-4-15(26)5-3-14;1-13-14-6-2-3-7-16(14)25-19(13)15-12-21-18-9-8-17(22-23(15)18)20-10-4-5-11-24;;;;/h2-5,10-14,19-20,28H,6-9H2,1H3,(H,25,26);1-4,9-13,18-19,28H,5-8H2,(H,25,26);2,7-11,14-15,27H,3-6H2,1H3,(H,24,25);1,6-11,14-15,26H,2-5H2,(H,23,24);2-3,6-9,12,24H,4-5,10-11H2,1H3,(H,20,22);4*1H4. The molecule has 4 fully saturated rings. The lowest BCUT2D eigenvalue weighted by atomic mass is 9.93. The maximum atomic E-state index is 13.5. The van der Waals surface area contributed by atoms with Gasteiger partial charge >= 0.3 is 0 Å². The minimum Gasteiger partial charge on any atom is -0.396 e. The van der Waals surface area contributed by atoms with E-state index in [-0.39, 0.29) is 72.4 Å². The summed E-state index contributed by atoms with van der Waals surface area (Å²) in [6.07, 6.45) is 24.7. The summed E-state index contributed by atoms with van der Waals surface area (Å²) < 4.78 is 39.9. The van der Waals surface area contributed by atoms with E-state index in [0.29, 0.717) is 24.2 Å². The second-order valence-electron chi connectivity index (χ2n) is 35.9. The SMILES string of the molecule is C.C.C.C.Cc1c(-c2cnc3ccc(NC4CCC(O)CC4)nn23)sc2ccc(Cl)cc12.Cc1c(-c2cnc3ccc(NCCCCO)nn23)sc2ccccc12.Cc1ccc2cc(-c3cnc4ccc(NC5CCC(O)CC5)nn34)ccc2c1.OC1CCC(Nc2ccc3ncc(-c4cc5cc(F)ccc5s4)n3n2)CC1.OC1CCC(Nc2ccc3ncc(-c4ccc5cc(F)ccc5c4)n3n2)CC1. The molecule has 13 heterocycles. The molecule has 0 atom stereocenters. The Morgan fingerprint density at radius 2 is 0.707 bits per heavy atom. The number of hydrogen-bond acceptors (Lipinski definition) is 23. The van der Waals surface area contributed by atoms with Crippen LogP contribution in [0.2, 0.25) is 5.02 Å². The Hall–Kier alpha value is -13.0. The molecule has 10 N–H and O–H groups in total. The topological polar surface area (TPSA) is 312 Å². The van der Waals surface area contributed by atoms with Crippen molar-refractivity contribution in [2.45, 2.75) is 215 Å². The van der Waals surface area contributed by atoms with Crippen molar-refractivity contribution in [1.82, 2.24) is 73.0 Å². The molecule has 0 amide bonds. The molecular weight excluding hydrogens is 1840 g/mol. The highest BCUT2D eigenvalue weighted by Gasteiger charge is 2.27. The van der Waals surface area contributed by atoms with E-state index < -0.39 is 0 Å². The van der Waals surface area contributed by atoms with E-state index in [1.807, 2.05) is 151 Å². The molecule has 24 rings (SSSR count). The lowest BCUT2D eigenvalue weighted by molar-refractivity contribution is 0.125. The van der Waals surface area contributed by atoms with E-state index >= 15 is 0 Å². The van der Waals surface area contributed by atoms with Gasteiger partial charge < -0.3 is 52.1 Å². The van der Waals surface area contributed by atoms with Gasteiger partial charge in [-0.25, -0.2) is 56.3 Å². The number of nitrogens with one attached hydrogen (secondary N) is 5. The van der Waals surface area contributed by atoms with Gasteiger partial charge in [0, 0.05) is 67.6 Å².